The Hall–Kier alpha value is -1.59. The second-order valence-electron chi connectivity index (χ2n) is 7.44. The van der Waals surface area contributed by atoms with Crippen molar-refractivity contribution in [2.24, 2.45) is 0 Å². The van der Waals surface area contributed by atoms with Crippen LogP contribution in [0.4, 0.5) is 4.79 Å². The third-order valence-electron chi connectivity index (χ3n) is 5.84. The van der Waals surface area contributed by atoms with Gasteiger partial charge in [-0.1, -0.05) is 12.8 Å². The average molecular weight is 321 g/mol. The molecule has 2 heterocycles. The highest BCUT2D eigenvalue weighted by Crippen LogP contribution is 2.36. The van der Waals surface area contributed by atoms with Crippen molar-refractivity contribution in [2.75, 3.05) is 0 Å². The molecule has 1 saturated carbocycles. The van der Waals surface area contributed by atoms with E-state index in [0.717, 1.165) is 32.1 Å². The number of nitrogens with one attached hydrogen (secondary N) is 1. The van der Waals surface area contributed by atoms with Crippen molar-refractivity contribution in [1.82, 2.24) is 15.1 Å². The molecule has 6 nitrogen and oxygen atoms in total. The number of hydrogen-bond donors (Lipinski definition) is 1. The number of rotatable bonds is 2. The molecule has 3 atom stereocenters. The first kappa shape index (κ1) is 16.3. The summed E-state index contributed by atoms with van der Waals surface area (Å²) in [6, 6.07) is -0.814. The van der Waals surface area contributed by atoms with Crippen molar-refractivity contribution in [1.29, 1.82) is 0 Å². The number of likely N-dealkylation sites (tertiary alicyclic amines) is 1. The Morgan fingerprint density at radius 1 is 1.13 bits per heavy atom. The van der Waals surface area contributed by atoms with Crippen molar-refractivity contribution in [2.45, 2.75) is 89.4 Å². The van der Waals surface area contributed by atoms with Crippen LogP contribution in [0.3, 0.4) is 0 Å². The molecule has 0 radical (unpaired) electrons. The molecule has 1 aliphatic carbocycles. The van der Waals surface area contributed by atoms with Gasteiger partial charge in [0.1, 0.15) is 11.6 Å². The van der Waals surface area contributed by atoms with Gasteiger partial charge in [0.25, 0.3) is 5.91 Å². The van der Waals surface area contributed by atoms with Gasteiger partial charge in [-0.05, 0) is 52.9 Å². The van der Waals surface area contributed by atoms with E-state index in [0.29, 0.717) is 12.8 Å². The van der Waals surface area contributed by atoms with Gasteiger partial charge in [-0.15, -0.1) is 0 Å². The fourth-order valence-corrected chi connectivity index (χ4v) is 4.49. The first-order valence-electron chi connectivity index (χ1n) is 8.85. The molecular formula is C17H27N3O3. The fourth-order valence-electron chi connectivity index (χ4n) is 4.49. The van der Waals surface area contributed by atoms with Crippen molar-refractivity contribution in [3.8, 4) is 0 Å². The van der Waals surface area contributed by atoms with E-state index in [9.17, 15) is 14.4 Å². The Morgan fingerprint density at radius 3 is 2.26 bits per heavy atom. The van der Waals surface area contributed by atoms with E-state index >= 15 is 0 Å². The number of imide groups is 1. The van der Waals surface area contributed by atoms with Crippen LogP contribution in [0.5, 0.6) is 0 Å². The SMILES string of the molecule is CC(C(=O)N1C(C)CCCC1C)N1C(=O)NC2(CCCC2)C1=O. The Labute approximate surface area is 137 Å². The van der Waals surface area contributed by atoms with E-state index in [1.165, 1.54) is 4.90 Å². The first-order valence-corrected chi connectivity index (χ1v) is 8.85. The summed E-state index contributed by atoms with van der Waals surface area (Å²) in [4.78, 5) is 41.2. The van der Waals surface area contributed by atoms with Gasteiger partial charge >= 0.3 is 6.03 Å². The van der Waals surface area contributed by atoms with E-state index in [2.05, 4.69) is 5.32 Å². The molecule has 3 unspecified atom stereocenters. The summed E-state index contributed by atoms with van der Waals surface area (Å²) in [5.41, 5.74) is -0.745. The summed E-state index contributed by atoms with van der Waals surface area (Å²) in [6.45, 7) is 5.77. The lowest BCUT2D eigenvalue weighted by Gasteiger charge is -2.41. The number of carbonyl (C=O) groups excluding carboxylic acids is 3. The van der Waals surface area contributed by atoms with Crippen molar-refractivity contribution >= 4 is 17.8 Å². The molecule has 3 fully saturated rings. The van der Waals surface area contributed by atoms with Gasteiger partial charge in [-0.2, -0.15) is 0 Å². The number of amides is 4. The van der Waals surface area contributed by atoms with E-state index < -0.39 is 17.6 Å². The predicted molar refractivity (Wildman–Crippen MR) is 85.7 cm³/mol. The topological polar surface area (TPSA) is 69.7 Å². The molecule has 0 bridgehead atoms. The second-order valence-corrected chi connectivity index (χ2v) is 7.44. The highest BCUT2D eigenvalue weighted by atomic mass is 16.2. The molecule has 2 saturated heterocycles. The van der Waals surface area contributed by atoms with Gasteiger partial charge in [-0.25, -0.2) is 9.69 Å². The third kappa shape index (κ3) is 2.52. The summed E-state index contributed by atoms with van der Waals surface area (Å²) >= 11 is 0. The number of nitrogens with zero attached hydrogens (tertiary/aromatic N) is 2. The largest absolute Gasteiger partial charge is 0.335 e. The zero-order chi connectivity index (χ0) is 16.8. The minimum absolute atomic E-state index is 0.108. The molecular weight excluding hydrogens is 294 g/mol. The van der Waals surface area contributed by atoms with E-state index in [4.69, 9.17) is 0 Å². The van der Waals surface area contributed by atoms with Crippen molar-refractivity contribution < 1.29 is 14.4 Å². The standard InChI is InChI=1S/C17H27N3O3/c1-11-7-6-8-12(2)19(11)14(21)13(3)20-15(22)17(18-16(20)23)9-4-5-10-17/h11-13H,4-10H2,1-3H3,(H,18,23). The van der Waals surface area contributed by atoms with Crippen molar-refractivity contribution in [3.63, 3.8) is 0 Å². The van der Waals surface area contributed by atoms with E-state index in [-0.39, 0.29) is 23.9 Å². The summed E-state index contributed by atoms with van der Waals surface area (Å²) in [5.74, 6) is -0.318. The van der Waals surface area contributed by atoms with Gasteiger partial charge in [0.15, 0.2) is 0 Å². The molecule has 0 aromatic rings. The first-order chi connectivity index (χ1) is 10.9. The van der Waals surface area contributed by atoms with Crippen LogP contribution in [0.1, 0.15) is 65.7 Å². The normalized spacial score (nSPS) is 31.6. The highest BCUT2D eigenvalue weighted by molar-refractivity contribution is 6.10. The molecule has 0 aromatic carbocycles. The number of hydrogen-bond acceptors (Lipinski definition) is 3. The van der Waals surface area contributed by atoms with Crippen LogP contribution in [-0.4, -0.2) is 51.3 Å². The van der Waals surface area contributed by atoms with Crippen LogP contribution in [-0.2, 0) is 9.59 Å². The van der Waals surface area contributed by atoms with Gasteiger partial charge in [-0.3, -0.25) is 9.59 Å². The van der Waals surface area contributed by atoms with Crippen LogP contribution < -0.4 is 5.32 Å². The van der Waals surface area contributed by atoms with Gasteiger partial charge < -0.3 is 10.2 Å². The smallest absolute Gasteiger partial charge is 0.325 e. The molecule has 0 aromatic heterocycles. The lowest BCUT2D eigenvalue weighted by molar-refractivity contribution is -0.147. The number of piperidine rings is 1. The maximum absolute atomic E-state index is 13.0. The molecule has 2 aliphatic heterocycles. The average Bonchev–Trinajstić information content (AvgIpc) is 3.05. The van der Waals surface area contributed by atoms with Crippen LogP contribution in [0.2, 0.25) is 0 Å². The zero-order valence-electron chi connectivity index (χ0n) is 14.3. The summed E-state index contributed by atoms with van der Waals surface area (Å²) in [5, 5.41) is 2.86. The summed E-state index contributed by atoms with van der Waals surface area (Å²) < 4.78 is 0. The molecule has 6 heteroatoms. The van der Waals surface area contributed by atoms with Crippen molar-refractivity contribution in [3.05, 3.63) is 0 Å². The Balaban J connectivity index is 1.79. The Bertz CT molecular complexity index is 517. The Kier molecular flexibility index (Phi) is 4.10. The lowest BCUT2D eigenvalue weighted by Crippen LogP contribution is -2.56. The maximum atomic E-state index is 13.0. The molecule has 23 heavy (non-hydrogen) atoms. The number of urea groups is 1. The summed E-state index contributed by atoms with van der Waals surface area (Å²) in [7, 11) is 0. The van der Waals surface area contributed by atoms with Gasteiger partial charge in [0.2, 0.25) is 5.91 Å². The highest BCUT2D eigenvalue weighted by Gasteiger charge is 2.55. The Morgan fingerprint density at radius 2 is 1.70 bits per heavy atom. The minimum atomic E-state index is -0.745. The monoisotopic (exact) mass is 321 g/mol. The molecule has 3 rings (SSSR count). The van der Waals surface area contributed by atoms with Crippen LogP contribution in [0, 0.1) is 0 Å². The minimum Gasteiger partial charge on any atom is -0.335 e. The molecule has 1 N–H and O–H groups in total. The lowest BCUT2D eigenvalue weighted by atomic mass is 9.95. The van der Waals surface area contributed by atoms with Crippen LogP contribution in [0.25, 0.3) is 0 Å². The zero-order valence-corrected chi connectivity index (χ0v) is 14.3. The quantitative estimate of drug-likeness (QED) is 0.791. The molecule has 3 aliphatic rings. The van der Waals surface area contributed by atoms with E-state index in [1.807, 2.05) is 18.7 Å². The van der Waals surface area contributed by atoms with Crippen LogP contribution in [0.15, 0.2) is 0 Å². The summed E-state index contributed by atoms with van der Waals surface area (Å²) in [6.07, 6.45) is 6.34. The fraction of sp³-hybridized carbons (Fsp3) is 0.824. The van der Waals surface area contributed by atoms with E-state index in [1.54, 1.807) is 6.92 Å². The third-order valence-corrected chi connectivity index (χ3v) is 5.84. The molecule has 1 spiro atoms. The number of carbonyl (C=O) groups is 3. The van der Waals surface area contributed by atoms with Crippen LogP contribution >= 0.6 is 0 Å². The maximum Gasteiger partial charge on any atom is 0.325 e. The van der Waals surface area contributed by atoms with Gasteiger partial charge in [0, 0.05) is 12.1 Å². The molecule has 4 amide bonds. The molecule has 128 valence electrons. The van der Waals surface area contributed by atoms with Gasteiger partial charge in [0.05, 0.1) is 0 Å². The predicted octanol–water partition coefficient (Wildman–Crippen LogP) is 2.03. The second kappa shape index (κ2) is 5.80.